The molecule has 2 atom stereocenters. The van der Waals surface area contributed by atoms with Gasteiger partial charge in [-0.15, -0.1) is 12.4 Å². The summed E-state index contributed by atoms with van der Waals surface area (Å²) in [7, 11) is 0. The van der Waals surface area contributed by atoms with Crippen LogP contribution in [0.25, 0.3) is 0 Å². The lowest BCUT2D eigenvalue weighted by Gasteiger charge is -2.35. The molecule has 2 N–H and O–H groups in total. The summed E-state index contributed by atoms with van der Waals surface area (Å²) in [5.74, 6) is 0.293. The molecule has 0 radical (unpaired) electrons. The van der Waals surface area contributed by atoms with E-state index in [0.717, 1.165) is 64.6 Å². The zero-order valence-corrected chi connectivity index (χ0v) is 14.4. The molecule has 2 unspecified atom stereocenters. The number of nitrogens with zero attached hydrogens (tertiary/aromatic N) is 1. The molecule has 0 bridgehead atoms. The van der Waals surface area contributed by atoms with Gasteiger partial charge in [0.05, 0.1) is 12.0 Å². The summed E-state index contributed by atoms with van der Waals surface area (Å²) >= 11 is 0. The van der Waals surface area contributed by atoms with Crippen LogP contribution in [0.15, 0.2) is 0 Å². The lowest BCUT2D eigenvalue weighted by atomic mass is 9.95. The van der Waals surface area contributed by atoms with E-state index < -0.39 is 0 Å². The molecular weight excluding hydrogens is 302 g/mol. The van der Waals surface area contributed by atoms with E-state index in [2.05, 4.69) is 17.6 Å². The van der Waals surface area contributed by atoms with Crippen molar-refractivity contribution in [1.29, 1.82) is 0 Å². The summed E-state index contributed by atoms with van der Waals surface area (Å²) < 4.78 is 0. The molecule has 5 nitrogen and oxygen atoms in total. The Morgan fingerprint density at radius 3 is 2.73 bits per heavy atom. The molecule has 2 saturated heterocycles. The Morgan fingerprint density at radius 2 is 2.05 bits per heavy atom. The third-order valence-electron chi connectivity index (χ3n) is 4.54. The molecule has 2 aliphatic heterocycles. The van der Waals surface area contributed by atoms with Gasteiger partial charge in [0.1, 0.15) is 0 Å². The number of hydrogen-bond donors (Lipinski definition) is 2. The van der Waals surface area contributed by atoms with Crippen LogP contribution >= 0.6 is 12.4 Å². The average molecular weight is 332 g/mol. The molecule has 0 aromatic heterocycles. The Kier molecular flexibility index (Phi) is 8.79. The molecular formula is C16H30ClN3O2. The topological polar surface area (TPSA) is 61.4 Å². The van der Waals surface area contributed by atoms with Gasteiger partial charge >= 0.3 is 0 Å². The van der Waals surface area contributed by atoms with Crippen LogP contribution in [0, 0.1) is 5.92 Å². The number of halogens is 1. The highest BCUT2D eigenvalue weighted by Gasteiger charge is 2.32. The zero-order chi connectivity index (χ0) is 15.1. The minimum absolute atomic E-state index is 0. The van der Waals surface area contributed by atoms with E-state index in [9.17, 15) is 9.59 Å². The molecule has 0 aromatic rings. The number of hydrogen-bond acceptors (Lipinski definition) is 3. The second kappa shape index (κ2) is 10.1. The molecule has 0 spiro atoms. The molecule has 2 heterocycles. The monoisotopic (exact) mass is 331 g/mol. The van der Waals surface area contributed by atoms with E-state index in [1.54, 1.807) is 0 Å². The van der Waals surface area contributed by atoms with Gasteiger partial charge < -0.3 is 15.5 Å². The smallest absolute Gasteiger partial charge is 0.239 e. The molecule has 6 heteroatoms. The summed E-state index contributed by atoms with van der Waals surface area (Å²) in [6.07, 6.45) is 7.16. The first kappa shape index (κ1) is 19.2. The van der Waals surface area contributed by atoms with Crippen molar-refractivity contribution in [1.82, 2.24) is 15.5 Å². The maximum atomic E-state index is 12.5. The average Bonchev–Trinajstić information content (AvgIpc) is 2.55. The predicted molar refractivity (Wildman–Crippen MR) is 90.1 cm³/mol. The van der Waals surface area contributed by atoms with Crippen molar-refractivity contribution in [3.8, 4) is 0 Å². The van der Waals surface area contributed by atoms with Crippen LogP contribution in [0.2, 0.25) is 0 Å². The first-order chi connectivity index (χ1) is 10.2. The molecule has 2 aliphatic rings. The highest BCUT2D eigenvalue weighted by atomic mass is 35.5. The third kappa shape index (κ3) is 5.43. The van der Waals surface area contributed by atoms with Gasteiger partial charge in [-0.05, 0) is 38.6 Å². The molecule has 0 saturated carbocycles. The van der Waals surface area contributed by atoms with Crippen molar-refractivity contribution < 1.29 is 9.59 Å². The maximum Gasteiger partial charge on any atom is 0.239 e. The molecule has 2 rings (SSSR count). The van der Waals surface area contributed by atoms with Gasteiger partial charge in [-0.25, -0.2) is 0 Å². The molecule has 22 heavy (non-hydrogen) atoms. The van der Waals surface area contributed by atoms with Crippen molar-refractivity contribution in [3.63, 3.8) is 0 Å². The number of unbranched alkanes of at least 4 members (excludes halogenated alkanes) is 1. The zero-order valence-electron chi connectivity index (χ0n) is 13.6. The Hall–Kier alpha value is -0.810. The van der Waals surface area contributed by atoms with Gasteiger partial charge in [-0.1, -0.05) is 19.8 Å². The molecule has 0 aromatic carbocycles. The van der Waals surface area contributed by atoms with E-state index in [1.807, 2.05) is 4.90 Å². The number of amides is 2. The highest BCUT2D eigenvalue weighted by Crippen LogP contribution is 2.19. The van der Waals surface area contributed by atoms with Crippen LogP contribution in [0.1, 0.15) is 51.9 Å². The van der Waals surface area contributed by atoms with Gasteiger partial charge in [0.2, 0.25) is 11.8 Å². The van der Waals surface area contributed by atoms with Crippen LogP contribution in [-0.4, -0.2) is 48.9 Å². The Balaban J connectivity index is 0.00000242. The van der Waals surface area contributed by atoms with Crippen LogP contribution in [0.3, 0.4) is 0 Å². The number of piperidine rings is 2. The van der Waals surface area contributed by atoms with Crippen LogP contribution in [-0.2, 0) is 9.59 Å². The second-order valence-electron chi connectivity index (χ2n) is 6.27. The summed E-state index contributed by atoms with van der Waals surface area (Å²) in [4.78, 5) is 26.6. The SMILES string of the molecule is CCCCNC(=O)C1CCCN(C(=O)C2CCCCN2)C1.Cl. The van der Waals surface area contributed by atoms with E-state index in [4.69, 9.17) is 0 Å². The Labute approximate surface area is 140 Å². The van der Waals surface area contributed by atoms with E-state index in [1.165, 1.54) is 0 Å². The normalized spacial score (nSPS) is 25.2. The van der Waals surface area contributed by atoms with Gasteiger partial charge in [0, 0.05) is 19.6 Å². The largest absolute Gasteiger partial charge is 0.356 e. The predicted octanol–water partition coefficient (Wildman–Crippen LogP) is 1.71. The van der Waals surface area contributed by atoms with E-state index >= 15 is 0 Å². The molecule has 2 amide bonds. The second-order valence-corrected chi connectivity index (χ2v) is 6.27. The Morgan fingerprint density at radius 1 is 1.23 bits per heavy atom. The number of likely N-dealkylation sites (tertiary alicyclic amines) is 1. The first-order valence-electron chi connectivity index (χ1n) is 8.52. The fraction of sp³-hybridized carbons (Fsp3) is 0.875. The fourth-order valence-corrected chi connectivity index (χ4v) is 3.21. The van der Waals surface area contributed by atoms with E-state index in [-0.39, 0.29) is 36.2 Å². The lowest BCUT2D eigenvalue weighted by molar-refractivity contribution is -0.138. The fourth-order valence-electron chi connectivity index (χ4n) is 3.21. The first-order valence-corrected chi connectivity index (χ1v) is 8.52. The minimum atomic E-state index is -0.0272. The summed E-state index contributed by atoms with van der Waals surface area (Å²) in [6.45, 7) is 5.20. The van der Waals surface area contributed by atoms with Crippen molar-refractivity contribution >= 4 is 24.2 Å². The maximum absolute atomic E-state index is 12.5. The summed E-state index contributed by atoms with van der Waals surface area (Å²) in [5, 5.41) is 6.31. The van der Waals surface area contributed by atoms with Crippen LogP contribution in [0.5, 0.6) is 0 Å². The van der Waals surface area contributed by atoms with Crippen molar-refractivity contribution in [2.24, 2.45) is 5.92 Å². The van der Waals surface area contributed by atoms with Crippen molar-refractivity contribution in [2.45, 2.75) is 57.9 Å². The minimum Gasteiger partial charge on any atom is -0.356 e. The summed E-state index contributed by atoms with van der Waals surface area (Å²) in [5.41, 5.74) is 0. The van der Waals surface area contributed by atoms with E-state index in [0.29, 0.717) is 6.54 Å². The van der Waals surface area contributed by atoms with Gasteiger partial charge in [-0.3, -0.25) is 9.59 Å². The van der Waals surface area contributed by atoms with Gasteiger partial charge in [0.25, 0.3) is 0 Å². The van der Waals surface area contributed by atoms with Crippen molar-refractivity contribution in [2.75, 3.05) is 26.2 Å². The van der Waals surface area contributed by atoms with Gasteiger partial charge in [-0.2, -0.15) is 0 Å². The number of carbonyl (C=O) groups excluding carboxylic acids is 2. The molecule has 128 valence electrons. The lowest BCUT2D eigenvalue weighted by Crippen LogP contribution is -2.53. The number of carbonyl (C=O) groups is 2. The quantitative estimate of drug-likeness (QED) is 0.754. The summed E-state index contributed by atoms with van der Waals surface area (Å²) in [6, 6.07) is -0.0272. The number of nitrogens with one attached hydrogen (secondary N) is 2. The highest BCUT2D eigenvalue weighted by molar-refractivity contribution is 5.85. The van der Waals surface area contributed by atoms with Crippen LogP contribution < -0.4 is 10.6 Å². The van der Waals surface area contributed by atoms with Crippen LogP contribution in [0.4, 0.5) is 0 Å². The standard InChI is InChI=1S/C16H29N3O2.ClH/c1-2-3-9-18-15(20)13-7-6-11-19(12-13)16(21)14-8-4-5-10-17-14;/h13-14,17H,2-12H2,1H3,(H,18,20);1H. The third-order valence-corrected chi connectivity index (χ3v) is 4.54. The Bertz CT molecular complexity index is 359. The van der Waals surface area contributed by atoms with Crippen molar-refractivity contribution in [3.05, 3.63) is 0 Å². The van der Waals surface area contributed by atoms with Gasteiger partial charge in [0.15, 0.2) is 0 Å². The molecule has 2 fully saturated rings. The molecule has 0 aliphatic carbocycles. The number of rotatable bonds is 5.